The molecule has 0 aliphatic heterocycles. The Hall–Kier alpha value is -8.14. The zero-order valence-corrected chi connectivity index (χ0v) is 33.1. The maximum atomic E-state index is 6.90. The van der Waals surface area contributed by atoms with E-state index in [4.69, 9.17) is 8.83 Å². The second-order valence-electron chi connectivity index (χ2n) is 15.6. The molecule has 0 fully saturated rings. The number of rotatable bonds is 7. The first-order valence-corrected chi connectivity index (χ1v) is 20.7. The molecule has 0 saturated heterocycles. The fraction of sp³-hybridized carbons (Fsp3) is 0. The van der Waals surface area contributed by atoms with Gasteiger partial charge in [0.25, 0.3) is 0 Å². The lowest BCUT2D eigenvalue weighted by Gasteiger charge is -2.26. The van der Waals surface area contributed by atoms with Gasteiger partial charge in [0, 0.05) is 44.2 Å². The third kappa shape index (κ3) is 5.98. The first-order valence-electron chi connectivity index (χ1n) is 20.7. The zero-order chi connectivity index (χ0) is 40.3. The van der Waals surface area contributed by atoms with Crippen molar-refractivity contribution in [2.24, 2.45) is 0 Å². The maximum Gasteiger partial charge on any atom is 0.143 e. The summed E-state index contributed by atoms with van der Waals surface area (Å²) in [5.41, 5.74) is 15.8. The van der Waals surface area contributed by atoms with Crippen molar-refractivity contribution in [1.29, 1.82) is 0 Å². The minimum absolute atomic E-state index is 0.839. The number of fused-ring (bicyclic) bond motifs is 8. The second kappa shape index (κ2) is 14.3. The van der Waals surface area contributed by atoms with E-state index in [0.717, 1.165) is 77.6 Å². The first-order chi connectivity index (χ1) is 30.2. The number of benzene rings is 10. The fourth-order valence-electron chi connectivity index (χ4n) is 9.14. The highest BCUT2D eigenvalue weighted by molar-refractivity contribution is 6.27. The standard InChI is InChI=1S/C58H37NO2/c1-3-12-38(13-4-1)40-22-28-45(29-23-40)59(46-30-24-41(25-31-46)39-14-5-2-6-15-39)47-32-26-43(27-33-47)51-36-44(49-20-11-17-42-16-7-8-18-48(42)49)37-52-57-55(61-58(51)52)35-34-54-56(57)50-19-9-10-21-53(50)60-54/h1-37H. The van der Waals surface area contributed by atoms with E-state index in [9.17, 15) is 0 Å². The van der Waals surface area contributed by atoms with Gasteiger partial charge in [-0.1, -0.05) is 158 Å². The van der Waals surface area contributed by atoms with Crippen LogP contribution in [0.5, 0.6) is 0 Å². The van der Waals surface area contributed by atoms with Gasteiger partial charge in [-0.15, -0.1) is 0 Å². The lowest BCUT2D eigenvalue weighted by atomic mass is 9.92. The van der Waals surface area contributed by atoms with E-state index >= 15 is 0 Å². The number of para-hydroxylation sites is 1. The Morgan fingerprint density at radius 1 is 0.279 bits per heavy atom. The van der Waals surface area contributed by atoms with Crippen LogP contribution in [0.4, 0.5) is 17.1 Å². The van der Waals surface area contributed by atoms with Crippen molar-refractivity contribution in [3.63, 3.8) is 0 Å². The molecule has 286 valence electrons. The summed E-state index contributed by atoms with van der Waals surface area (Å²) in [4.78, 5) is 2.33. The molecule has 12 rings (SSSR count). The molecule has 10 aromatic carbocycles. The van der Waals surface area contributed by atoms with E-state index in [1.165, 1.54) is 38.6 Å². The summed E-state index contributed by atoms with van der Waals surface area (Å²) >= 11 is 0. The monoisotopic (exact) mass is 779 g/mol. The Morgan fingerprint density at radius 3 is 1.41 bits per heavy atom. The highest BCUT2D eigenvalue weighted by Crippen LogP contribution is 2.46. The van der Waals surface area contributed by atoms with Crippen molar-refractivity contribution in [3.05, 3.63) is 224 Å². The fourth-order valence-corrected chi connectivity index (χ4v) is 9.14. The summed E-state index contributed by atoms with van der Waals surface area (Å²) < 4.78 is 13.3. The number of hydrogen-bond acceptors (Lipinski definition) is 3. The molecule has 0 aliphatic carbocycles. The average molecular weight is 780 g/mol. The van der Waals surface area contributed by atoms with Crippen LogP contribution in [-0.2, 0) is 0 Å². The normalized spacial score (nSPS) is 11.6. The molecular formula is C58H37NO2. The van der Waals surface area contributed by atoms with E-state index in [0.29, 0.717) is 0 Å². The van der Waals surface area contributed by atoms with Crippen molar-refractivity contribution in [2.75, 3.05) is 4.90 Å². The summed E-state index contributed by atoms with van der Waals surface area (Å²) in [6, 6.07) is 79.9. The molecule has 0 spiro atoms. The Labute approximate surface area is 353 Å². The molecule has 61 heavy (non-hydrogen) atoms. The van der Waals surface area contributed by atoms with Gasteiger partial charge >= 0.3 is 0 Å². The first kappa shape index (κ1) is 34.9. The Morgan fingerprint density at radius 2 is 0.770 bits per heavy atom. The Balaban J connectivity index is 1.03. The van der Waals surface area contributed by atoms with Crippen LogP contribution in [0.2, 0.25) is 0 Å². The molecule has 0 N–H and O–H groups in total. The molecular weight excluding hydrogens is 743 g/mol. The number of hydrogen-bond donors (Lipinski definition) is 0. The second-order valence-corrected chi connectivity index (χ2v) is 15.6. The number of nitrogens with zero attached hydrogens (tertiary/aromatic N) is 1. The van der Waals surface area contributed by atoms with Crippen molar-refractivity contribution >= 4 is 71.7 Å². The molecule has 0 unspecified atom stereocenters. The molecule has 2 heterocycles. The van der Waals surface area contributed by atoms with Gasteiger partial charge in [0.1, 0.15) is 22.3 Å². The van der Waals surface area contributed by atoms with E-state index < -0.39 is 0 Å². The SMILES string of the molecule is c1ccc(-c2ccc(N(c3ccc(-c4ccccc4)cc3)c3ccc(-c4cc(-c5cccc6ccccc56)cc5c4oc4ccc6oc7ccccc7c6c45)cc3)cc2)cc1. The third-order valence-corrected chi connectivity index (χ3v) is 12.1. The predicted octanol–water partition coefficient (Wildman–Crippen LogP) is 16.8. The van der Waals surface area contributed by atoms with E-state index in [1.807, 2.05) is 18.2 Å². The zero-order valence-electron chi connectivity index (χ0n) is 33.1. The van der Waals surface area contributed by atoms with Crippen LogP contribution in [0.3, 0.4) is 0 Å². The molecule has 0 amide bonds. The Bertz CT molecular complexity index is 3460. The average Bonchev–Trinajstić information content (AvgIpc) is 3.91. The molecule has 3 heteroatoms. The van der Waals surface area contributed by atoms with E-state index in [-0.39, 0.29) is 0 Å². The highest BCUT2D eigenvalue weighted by Gasteiger charge is 2.21. The highest BCUT2D eigenvalue weighted by atomic mass is 16.3. The van der Waals surface area contributed by atoms with Crippen LogP contribution in [0.25, 0.3) is 99.2 Å². The van der Waals surface area contributed by atoms with Gasteiger partial charge in [0.05, 0.1) is 0 Å². The van der Waals surface area contributed by atoms with Crippen molar-refractivity contribution in [3.8, 4) is 44.5 Å². The summed E-state index contributed by atoms with van der Waals surface area (Å²) in [6.07, 6.45) is 0. The predicted molar refractivity (Wildman–Crippen MR) is 255 cm³/mol. The van der Waals surface area contributed by atoms with E-state index in [2.05, 4.69) is 211 Å². The van der Waals surface area contributed by atoms with Crippen molar-refractivity contribution in [1.82, 2.24) is 0 Å². The summed E-state index contributed by atoms with van der Waals surface area (Å²) in [5.74, 6) is 0. The Kier molecular flexibility index (Phi) is 8.17. The summed E-state index contributed by atoms with van der Waals surface area (Å²) in [5, 5.41) is 6.72. The smallest absolute Gasteiger partial charge is 0.143 e. The molecule has 2 aromatic heterocycles. The molecule has 0 aliphatic rings. The number of anilines is 3. The number of furan rings is 2. The van der Waals surface area contributed by atoms with Gasteiger partial charge in [0.15, 0.2) is 0 Å². The quantitative estimate of drug-likeness (QED) is 0.161. The van der Waals surface area contributed by atoms with Crippen LogP contribution < -0.4 is 4.90 Å². The van der Waals surface area contributed by atoms with E-state index in [1.54, 1.807) is 0 Å². The van der Waals surface area contributed by atoms with Crippen LogP contribution in [0, 0.1) is 0 Å². The maximum absolute atomic E-state index is 6.90. The molecule has 0 saturated carbocycles. The van der Waals surface area contributed by atoms with Crippen LogP contribution in [0.15, 0.2) is 233 Å². The lowest BCUT2D eigenvalue weighted by molar-refractivity contribution is 0.663. The minimum Gasteiger partial charge on any atom is -0.456 e. The van der Waals surface area contributed by atoms with Gasteiger partial charge < -0.3 is 13.7 Å². The van der Waals surface area contributed by atoms with Crippen LogP contribution >= 0.6 is 0 Å². The minimum atomic E-state index is 0.839. The van der Waals surface area contributed by atoms with Crippen LogP contribution in [0.1, 0.15) is 0 Å². The van der Waals surface area contributed by atoms with Crippen molar-refractivity contribution < 1.29 is 8.83 Å². The van der Waals surface area contributed by atoms with Gasteiger partial charge in [-0.25, -0.2) is 0 Å². The third-order valence-electron chi connectivity index (χ3n) is 12.1. The van der Waals surface area contributed by atoms with Crippen molar-refractivity contribution in [2.45, 2.75) is 0 Å². The molecule has 3 nitrogen and oxygen atoms in total. The largest absolute Gasteiger partial charge is 0.456 e. The van der Waals surface area contributed by atoms with Gasteiger partial charge in [-0.05, 0) is 116 Å². The molecule has 0 bridgehead atoms. The molecule has 0 atom stereocenters. The van der Waals surface area contributed by atoms with Gasteiger partial charge in [-0.3, -0.25) is 0 Å². The molecule has 0 radical (unpaired) electrons. The van der Waals surface area contributed by atoms with Crippen LogP contribution in [-0.4, -0.2) is 0 Å². The molecule has 12 aromatic rings. The summed E-state index contributed by atoms with van der Waals surface area (Å²) in [7, 11) is 0. The lowest BCUT2D eigenvalue weighted by Crippen LogP contribution is -2.09. The summed E-state index contributed by atoms with van der Waals surface area (Å²) in [6.45, 7) is 0. The topological polar surface area (TPSA) is 29.5 Å². The van der Waals surface area contributed by atoms with Gasteiger partial charge in [-0.2, -0.15) is 0 Å². The van der Waals surface area contributed by atoms with Gasteiger partial charge in [0.2, 0.25) is 0 Å².